The Labute approximate surface area is 108 Å². The summed E-state index contributed by atoms with van der Waals surface area (Å²) < 4.78 is 26.2. The van der Waals surface area contributed by atoms with Crippen molar-refractivity contribution < 1.29 is 8.42 Å². The number of pyridine rings is 1. The van der Waals surface area contributed by atoms with Crippen LogP contribution in [0.25, 0.3) is 0 Å². The van der Waals surface area contributed by atoms with Gasteiger partial charge in [0, 0.05) is 19.3 Å². The zero-order chi connectivity index (χ0) is 13.8. The van der Waals surface area contributed by atoms with Crippen molar-refractivity contribution in [1.29, 1.82) is 0 Å². The van der Waals surface area contributed by atoms with E-state index >= 15 is 0 Å². The molecule has 0 radical (unpaired) electrons. The van der Waals surface area contributed by atoms with Crippen molar-refractivity contribution in [3.05, 3.63) is 18.3 Å². The predicted octanol–water partition coefficient (Wildman–Crippen LogP) is 1.18. The lowest BCUT2D eigenvalue weighted by Gasteiger charge is -2.25. The molecule has 0 saturated carbocycles. The SMILES string of the molecule is CCC(CC)N(C)S(=O)(=O)c1ncccc1NN. The van der Waals surface area contributed by atoms with Crippen molar-refractivity contribution in [2.24, 2.45) is 5.84 Å². The predicted molar refractivity (Wildman–Crippen MR) is 71.4 cm³/mol. The van der Waals surface area contributed by atoms with Gasteiger partial charge in [-0.1, -0.05) is 13.8 Å². The van der Waals surface area contributed by atoms with Gasteiger partial charge < -0.3 is 5.43 Å². The Morgan fingerprint density at radius 3 is 2.56 bits per heavy atom. The van der Waals surface area contributed by atoms with Gasteiger partial charge in [0.05, 0.1) is 5.69 Å². The first-order valence-electron chi connectivity index (χ1n) is 5.88. The van der Waals surface area contributed by atoms with E-state index < -0.39 is 10.0 Å². The quantitative estimate of drug-likeness (QED) is 0.599. The number of rotatable bonds is 6. The molecule has 0 aliphatic heterocycles. The molecule has 0 aliphatic rings. The van der Waals surface area contributed by atoms with E-state index in [0.29, 0.717) is 5.69 Å². The molecule has 0 fully saturated rings. The van der Waals surface area contributed by atoms with Gasteiger partial charge in [0.15, 0.2) is 5.03 Å². The van der Waals surface area contributed by atoms with E-state index in [2.05, 4.69) is 10.4 Å². The fraction of sp³-hybridized carbons (Fsp3) is 0.545. The van der Waals surface area contributed by atoms with Crippen molar-refractivity contribution in [3.8, 4) is 0 Å². The summed E-state index contributed by atoms with van der Waals surface area (Å²) in [5.41, 5.74) is 2.66. The summed E-state index contributed by atoms with van der Waals surface area (Å²) in [5, 5.41) is -0.0399. The lowest BCUT2D eigenvalue weighted by molar-refractivity contribution is 0.348. The molecular weight excluding hydrogens is 252 g/mol. The van der Waals surface area contributed by atoms with Crippen molar-refractivity contribution in [3.63, 3.8) is 0 Å². The molecule has 0 bridgehead atoms. The summed E-state index contributed by atoms with van der Waals surface area (Å²) in [7, 11) is -2.05. The van der Waals surface area contributed by atoms with Crippen LogP contribution < -0.4 is 11.3 Å². The molecule has 0 aromatic carbocycles. The Kier molecular flexibility index (Phi) is 5.06. The van der Waals surface area contributed by atoms with Crippen LogP contribution in [0.5, 0.6) is 0 Å². The number of nitrogen functional groups attached to an aromatic ring is 1. The van der Waals surface area contributed by atoms with Gasteiger partial charge in [-0.15, -0.1) is 0 Å². The van der Waals surface area contributed by atoms with Crippen LogP contribution in [0.1, 0.15) is 26.7 Å². The number of anilines is 1. The second-order valence-corrected chi connectivity index (χ2v) is 5.90. The van der Waals surface area contributed by atoms with Crippen LogP contribution in [0.3, 0.4) is 0 Å². The summed E-state index contributed by atoms with van der Waals surface area (Å²) in [6.45, 7) is 3.92. The Morgan fingerprint density at radius 1 is 1.44 bits per heavy atom. The second-order valence-electron chi connectivity index (χ2n) is 3.99. The molecule has 1 aromatic rings. The number of nitrogens with two attached hydrogens (primary N) is 1. The highest BCUT2D eigenvalue weighted by Crippen LogP contribution is 2.23. The van der Waals surface area contributed by atoms with Crippen molar-refractivity contribution in [1.82, 2.24) is 9.29 Å². The Morgan fingerprint density at radius 2 is 2.06 bits per heavy atom. The molecule has 0 aliphatic carbocycles. The van der Waals surface area contributed by atoms with Gasteiger partial charge in [0.1, 0.15) is 0 Å². The molecule has 0 unspecified atom stereocenters. The standard InChI is InChI=1S/C11H20N4O2S/c1-4-9(5-2)15(3)18(16,17)11-10(14-12)7-6-8-13-11/h6-9,14H,4-5,12H2,1-3H3. The first kappa shape index (κ1) is 14.9. The van der Waals surface area contributed by atoms with Gasteiger partial charge in [0.2, 0.25) is 0 Å². The number of nitrogens with zero attached hydrogens (tertiary/aromatic N) is 2. The second kappa shape index (κ2) is 6.12. The third-order valence-electron chi connectivity index (χ3n) is 3.01. The average molecular weight is 272 g/mol. The molecule has 102 valence electrons. The van der Waals surface area contributed by atoms with Crippen LogP contribution in [-0.2, 0) is 10.0 Å². The molecule has 3 N–H and O–H groups in total. The van der Waals surface area contributed by atoms with Gasteiger partial charge in [-0.2, -0.15) is 4.31 Å². The first-order valence-corrected chi connectivity index (χ1v) is 7.32. The smallest absolute Gasteiger partial charge is 0.262 e. The Hall–Kier alpha value is -1.18. The van der Waals surface area contributed by atoms with E-state index in [1.807, 2.05) is 13.8 Å². The summed E-state index contributed by atoms with van der Waals surface area (Å²) >= 11 is 0. The molecule has 7 heteroatoms. The highest BCUT2D eigenvalue weighted by Gasteiger charge is 2.29. The van der Waals surface area contributed by atoms with Crippen LogP contribution in [-0.4, -0.2) is 30.8 Å². The number of nitrogens with one attached hydrogen (secondary N) is 1. The lowest BCUT2D eigenvalue weighted by Crippen LogP contribution is -2.37. The molecule has 0 atom stereocenters. The van der Waals surface area contributed by atoms with E-state index in [1.165, 1.54) is 10.5 Å². The fourth-order valence-electron chi connectivity index (χ4n) is 1.84. The van der Waals surface area contributed by atoms with Gasteiger partial charge in [-0.25, -0.2) is 13.4 Å². The molecule has 1 aromatic heterocycles. The fourth-order valence-corrected chi connectivity index (χ4v) is 3.40. The van der Waals surface area contributed by atoms with Crippen LogP contribution in [0.4, 0.5) is 5.69 Å². The van der Waals surface area contributed by atoms with Crippen molar-refractivity contribution in [2.45, 2.75) is 37.8 Å². The van der Waals surface area contributed by atoms with Crippen molar-refractivity contribution >= 4 is 15.7 Å². The highest BCUT2D eigenvalue weighted by atomic mass is 32.2. The van der Waals surface area contributed by atoms with E-state index in [1.54, 1.807) is 19.2 Å². The summed E-state index contributed by atoms with van der Waals surface area (Å²) in [6.07, 6.45) is 2.95. The minimum Gasteiger partial charge on any atom is -0.321 e. The number of sulfonamides is 1. The normalized spacial score (nSPS) is 12.1. The highest BCUT2D eigenvalue weighted by molar-refractivity contribution is 7.89. The summed E-state index contributed by atoms with van der Waals surface area (Å²) in [5.74, 6) is 5.32. The van der Waals surface area contributed by atoms with Crippen molar-refractivity contribution in [2.75, 3.05) is 12.5 Å². The van der Waals surface area contributed by atoms with E-state index in [4.69, 9.17) is 5.84 Å². The zero-order valence-electron chi connectivity index (χ0n) is 10.9. The number of hydrazine groups is 1. The minimum atomic E-state index is -3.63. The lowest BCUT2D eigenvalue weighted by atomic mass is 10.2. The summed E-state index contributed by atoms with van der Waals surface area (Å²) in [4.78, 5) is 3.92. The molecule has 6 nitrogen and oxygen atoms in total. The largest absolute Gasteiger partial charge is 0.321 e. The molecule has 1 rings (SSSR count). The molecule has 1 heterocycles. The van der Waals surface area contributed by atoms with Gasteiger partial charge >= 0.3 is 0 Å². The monoisotopic (exact) mass is 272 g/mol. The molecular formula is C11H20N4O2S. The Bertz CT molecular complexity index is 486. The molecule has 0 saturated heterocycles. The van der Waals surface area contributed by atoms with Gasteiger partial charge in [-0.05, 0) is 25.0 Å². The molecule has 18 heavy (non-hydrogen) atoms. The molecule has 0 spiro atoms. The maximum atomic E-state index is 12.4. The minimum absolute atomic E-state index is 0.0392. The van der Waals surface area contributed by atoms with Crippen LogP contribution in [0, 0.1) is 0 Å². The average Bonchev–Trinajstić information content (AvgIpc) is 2.39. The number of aromatic nitrogens is 1. The Balaban J connectivity index is 3.21. The van der Waals surface area contributed by atoms with Gasteiger partial charge in [0.25, 0.3) is 10.0 Å². The van der Waals surface area contributed by atoms with Crippen LogP contribution >= 0.6 is 0 Å². The maximum Gasteiger partial charge on any atom is 0.262 e. The first-order chi connectivity index (χ1) is 8.48. The maximum absolute atomic E-state index is 12.4. The van der Waals surface area contributed by atoms with E-state index in [-0.39, 0.29) is 11.1 Å². The third kappa shape index (κ3) is 2.80. The third-order valence-corrected chi connectivity index (χ3v) is 4.88. The number of hydrogen-bond acceptors (Lipinski definition) is 5. The number of hydrogen-bond donors (Lipinski definition) is 2. The topological polar surface area (TPSA) is 88.3 Å². The zero-order valence-corrected chi connectivity index (χ0v) is 11.7. The van der Waals surface area contributed by atoms with Crippen LogP contribution in [0.15, 0.2) is 23.4 Å². The van der Waals surface area contributed by atoms with Gasteiger partial charge in [-0.3, -0.25) is 5.84 Å². The molecule has 0 amide bonds. The summed E-state index contributed by atoms with van der Waals surface area (Å²) in [6, 6.07) is 3.18. The van der Waals surface area contributed by atoms with Crippen LogP contribution in [0.2, 0.25) is 0 Å². The van der Waals surface area contributed by atoms with E-state index in [0.717, 1.165) is 12.8 Å². The van der Waals surface area contributed by atoms with E-state index in [9.17, 15) is 8.42 Å².